The maximum atomic E-state index is 11.7. The molecule has 0 amide bonds. The van der Waals surface area contributed by atoms with Gasteiger partial charge in [0.2, 0.25) is 10.0 Å². The molecule has 18 heavy (non-hydrogen) atoms. The third-order valence-corrected chi connectivity index (χ3v) is 4.74. The van der Waals surface area contributed by atoms with E-state index < -0.39 is 20.2 Å². The number of hydrogen-bond donors (Lipinski definition) is 3. The average molecular weight is 291 g/mol. The van der Waals surface area contributed by atoms with E-state index >= 15 is 0 Å². The van der Waals surface area contributed by atoms with Crippen LogP contribution >= 0.6 is 0 Å². The standard InChI is InChI=1S/C9H13N3O4S2/c10-18(15,16)12-8-3-1-2-7(6-8)11-17(13,14)9-4-5-9/h1-3,6,9,11-12H,4-5H2,(H2,10,15,16). The Morgan fingerprint density at radius 1 is 1.06 bits per heavy atom. The van der Waals surface area contributed by atoms with Gasteiger partial charge in [-0.25, -0.2) is 13.6 Å². The SMILES string of the molecule is NS(=O)(=O)Nc1cccc(NS(=O)(=O)C2CC2)c1. The molecule has 1 aromatic rings. The van der Waals surface area contributed by atoms with E-state index in [-0.39, 0.29) is 10.9 Å². The Labute approximate surface area is 106 Å². The highest BCUT2D eigenvalue weighted by Gasteiger charge is 2.35. The summed E-state index contributed by atoms with van der Waals surface area (Å²) in [5.74, 6) is 0. The van der Waals surface area contributed by atoms with Crippen molar-refractivity contribution in [2.24, 2.45) is 5.14 Å². The fourth-order valence-corrected chi connectivity index (χ4v) is 3.27. The number of anilines is 2. The summed E-state index contributed by atoms with van der Waals surface area (Å²) in [6.45, 7) is 0. The first kappa shape index (κ1) is 13.1. The number of nitrogens with two attached hydrogens (primary N) is 1. The number of hydrogen-bond acceptors (Lipinski definition) is 4. The van der Waals surface area contributed by atoms with Gasteiger partial charge < -0.3 is 0 Å². The number of sulfonamides is 1. The lowest BCUT2D eigenvalue weighted by Gasteiger charge is -2.09. The second-order valence-electron chi connectivity index (χ2n) is 4.07. The maximum Gasteiger partial charge on any atom is 0.296 e. The van der Waals surface area contributed by atoms with Crippen LogP contribution in [0.4, 0.5) is 11.4 Å². The summed E-state index contributed by atoms with van der Waals surface area (Å²) in [5.41, 5.74) is 0.504. The highest BCUT2D eigenvalue weighted by molar-refractivity contribution is 7.93. The molecule has 0 unspecified atom stereocenters. The van der Waals surface area contributed by atoms with Crippen molar-refractivity contribution in [3.05, 3.63) is 24.3 Å². The highest BCUT2D eigenvalue weighted by atomic mass is 32.2. The van der Waals surface area contributed by atoms with Crippen molar-refractivity contribution in [1.29, 1.82) is 0 Å². The van der Waals surface area contributed by atoms with Crippen molar-refractivity contribution in [1.82, 2.24) is 0 Å². The monoisotopic (exact) mass is 291 g/mol. The van der Waals surface area contributed by atoms with Crippen LogP contribution < -0.4 is 14.6 Å². The van der Waals surface area contributed by atoms with E-state index in [1.165, 1.54) is 24.3 Å². The summed E-state index contributed by atoms with van der Waals surface area (Å²) in [6.07, 6.45) is 1.31. The van der Waals surface area contributed by atoms with Gasteiger partial charge in [0, 0.05) is 0 Å². The van der Waals surface area contributed by atoms with Crippen LogP contribution in [-0.4, -0.2) is 22.1 Å². The van der Waals surface area contributed by atoms with Crippen LogP contribution in [0.25, 0.3) is 0 Å². The number of nitrogens with one attached hydrogen (secondary N) is 2. The minimum atomic E-state index is -3.87. The van der Waals surface area contributed by atoms with Gasteiger partial charge in [0.15, 0.2) is 0 Å². The van der Waals surface area contributed by atoms with Gasteiger partial charge in [-0.15, -0.1) is 0 Å². The van der Waals surface area contributed by atoms with E-state index in [0.29, 0.717) is 18.5 Å². The Hall–Kier alpha value is -1.32. The second-order valence-corrected chi connectivity index (χ2v) is 7.33. The van der Waals surface area contributed by atoms with Gasteiger partial charge in [0.1, 0.15) is 0 Å². The van der Waals surface area contributed by atoms with Gasteiger partial charge >= 0.3 is 0 Å². The Kier molecular flexibility index (Phi) is 3.21. The minimum Gasteiger partial charge on any atom is -0.283 e. The third kappa shape index (κ3) is 3.59. The molecule has 0 heterocycles. The first-order chi connectivity index (χ1) is 8.26. The molecular weight excluding hydrogens is 278 g/mol. The Morgan fingerprint density at radius 3 is 2.11 bits per heavy atom. The van der Waals surface area contributed by atoms with Crippen molar-refractivity contribution in [2.45, 2.75) is 18.1 Å². The second kappa shape index (κ2) is 4.41. The Balaban J connectivity index is 2.17. The highest BCUT2D eigenvalue weighted by Crippen LogP contribution is 2.30. The fourth-order valence-electron chi connectivity index (χ4n) is 1.44. The summed E-state index contributed by atoms with van der Waals surface area (Å²) in [6, 6.07) is 5.90. The lowest BCUT2D eigenvalue weighted by molar-refractivity contribution is 0.599. The Bertz CT molecular complexity index is 650. The molecule has 1 saturated carbocycles. The predicted molar refractivity (Wildman–Crippen MR) is 68.7 cm³/mol. The zero-order chi connectivity index (χ0) is 13.4. The molecule has 0 atom stereocenters. The smallest absolute Gasteiger partial charge is 0.283 e. The maximum absolute atomic E-state index is 11.7. The molecule has 2 rings (SSSR count). The van der Waals surface area contributed by atoms with E-state index in [1.807, 2.05) is 0 Å². The van der Waals surface area contributed by atoms with Gasteiger partial charge in [-0.1, -0.05) is 6.07 Å². The lowest BCUT2D eigenvalue weighted by Crippen LogP contribution is -2.22. The lowest BCUT2D eigenvalue weighted by atomic mass is 10.3. The minimum absolute atomic E-state index is 0.202. The van der Waals surface area contributed by atoms with Gasteiger partial charge in [-0.2, -0.15) is 8.42 Å². The molecule has 0 spiro atoms. The fraction of sp³-hybridized carbons (Fsp3) is 0.333. The first-order valence-electron chi connectivity index (χ1n) is 5.18. The summed E-state index contributed by atoms with van der Waals surface area (Å²) >= 11 is 0. The molecule has 1 fully saturated rings. The molecule has 0 bridgehead atoms. The van der Waals surface area contributed by atoms with E-state index in [1.54, 1.807) is 0 Å². The zero-order valence-electron chi connectivity index (χ0n) is 9.33. The van der Waals surface area contributed by atoms with Crippen LogP contribution in [0.2, 0.25) is 0 Å². The van der Waals surface area contributed by atoms with E-state index in [2.05, 4.69) is 9.44 Å². The Morgan fingerprint density at radius 2 is 1.61 bits per heavy atom. The molecule has 100 valence electrons. The van der Waals surface area contributed by atoms with Crippen LogP contribution in [0, 0.1) is 0 Å². The van der Waals surface area contributed by atoms with Crippen LogP contribution in [0.5, 0.6) is 0 Å². The van der Waals surface area contributed by atoms with Crippen molar-refractivity contribution in [3.63, 3.8) is 0 Å². The quantitative estimate of drug-likeness (QED) is 0.718. The molecule has 9 heteroatoms. The van der Waals surface area contributed by atoms with Crippen LogP contribution in [-0.2, 0) is 20.2 Å². The molecule has 1 aromatic carbocycles. The van der Waals surface area contributed by atoms with Crippen molar-refractivity contribution in [2.75, 3.05) is 9.44 Å². The summed E-state index contributed by atoms with van der Waals surface area (Å²) in [5, 5.41) is 4.49. The van der Waals surface area contributed by atoms with E-state index in [4.69, 9.17) is 5.14 Å². The molecule has 1 aliphatic carbocycles. The molecular formula is C9H13N3O4S2. The van der Waals surface area contributed by atoms with Crippen LogP contribution in [0.3, 0.4) is 0 Å². The number of rotatable bonds is 5. The van der Waals surface area contributed by atoms with Crippen LogP contribution in [0.15, 0.2) is 24.3 Å². The van der Waals surface area contributed by atoms with E-state index in [9.17, 15) is 16.8 Å². The molecule has 0 saturated heterocycles. The van der Waals surface area contributed by atoms with Gasteiger partial charge in [-0.05, 0) is 31.0 Å². The first-order valence-corrected chi connectivity index (χ1v) is 8.28. The van der Waals surface area contributed by atoms with Gasteiger partial charge in [-0.3, -0.25) is 9.44 Å². The molecule has 0 aromatic heterocycles. The average Bonchev–Trinajstić information content (AvgIpc) is 2.96. The van der Waals surface area contributed by atoms with Crippen molar-refractivity contribution < 1.29 is 16.8 Å². The largest absolute Gasteiger partial charge is 0.296 e. The van der Waals surface area contributed by atoms with Gasteiger partial charge in [0.05, 0.1) is 16.6 Å². The molecule has 0 radical (unpaired) electrons. The summed E-state index contributed by atoms with van der Waals surface area (Å²) in [7, 11) is -7.23. The predicted octanol–water partition coefficient (Wildman–Crippen LogP) is 0.206. The van der Waals surface area contributed by atoms with Crippen molar-refractivity contribution >= 4 is 31.6 Å². The third-order valence-electron chi connectivity index (χ3n) is 2.35. The molecule has 1 aliphatic rings. The van der Waals surface area contributed by atoms with Gasteiger partial charge in [0.25, 0.3) is 10.2 Å². The summed E-state index contributed by atoms with van der Waals surface area (Å²) < 4.78 is 49.5. The topological polar surface area (TPSA) is 118 Å². The van der Waals surface area contributed by atoms with E-state index in [0.717, 1.165) is 0 Å². The summed E-state index contributed by atoms with van der Waals surface area (Å²) in [4.78, 5) is 0. The number of benzene rings is 1. The zero-order valence-corrected chi connectivity index (χ0v) is 11.0. The molecule has 0 aliphatic heterocycles. The normalized spacial score (nSPS) is 16.3. The molecule has 7 nitrogen and oxygen atoms in total. The molecule has 4 N–H and O–H groups in total. The van der Waals surface area contributed by atoms with Crippen molar-refractivity contribution in [3.8, 4) is 0 Å². The van der Waals surface area contributed by atoms with Crippen LogP contribution in [0.1, 0.15) is 12.8 Å².